The summed E-state index contributed by atoms with van der Waals surface area (Å²) in [5.74, 6) is 0.461. The molecule has 2 aromatic carbocycles. The summed E-state index contributed by atoms with van der Waals surface area (Å²) in [6.45, 7) is 6.05. The predicted molar refractivity (Wildman–Crippen MR) is 120 cm³/mol. The monoisotopic (exact) mass is 404 g/mol. The zero-order valence-electron chi connectivity index (χ0n) is 17.1. The predicted octanol–water partition coefficient (Wildman–Crippen LogP) is 4.80. The molecule has 0 bridgehead atoms. The van der Waals surface area contributed by atoms with E-state index in [9.17, 15) is 0 Å². The number of thiophene rings is 1. The first-order chi connectivity index (χ1) is 14.2. The van der Waals surface area contributed by atoms with Crippen LogP contribution < -0.4 is 0 Å². The summed E-state index contributed by atoms with van der Waals surface area (Å²) in [7, 11) is 2.27. The van der Waals surface area contributed by atoms with Gasteiger partial charge in [0.05, 0.1) is 13.2 Å². The van der Waals surface area contributed by atoms with E-state index >= 15 is 0 Å². The summed E-state index contributed by atoms with van der Waals surface area (Å²) in [6.07, 6.45) is 2.58. The number of benzene rings is 2. The number of hydrogen-bond donors (Lipinski definition) is 0. The van der Waals surface area contributed by atoms with Crippen LogP contribution in [0.4, 0.5) is 0 Å². The quantitative estimate of drug-likeness (QED) is 0.624. The Morgan fingerprint density at radius 3 is 2.72 bits per heavy atom. The number of fused-ring (bicyclic) bond motifs is 2. The largest absolute Gasteiger partial charge is 0.379 e. The first-order valence-electron chi connectivity index (χ1n) is 10.8. The number of hydrogen-bond acceptors (Lipinski definition) is 4. The van der Waals surface area contributed by atoms with Crippen molar-refractivity contribution in [3.63, 3.8) is 0 Å². The topological polar surface area (TPSA) is 15.7 Å². The van der Waals surface area contributed by atoms with Crippen LogP contribution in [0.25, 0.3) is 10.1 Å². The number of nitrogens with zero attached hydrogens (tertiary/aromatic N) is 2. The van der Waals surface area contributed by atoms with Crippen molar-refractivity contribution in [3.05, 3.63) is 70.1 Å². The van der Waals surface area contributed by atoms with E-state index in [2.05, 4.69) is 64.7 Å². The van der Waals surface area contributed by atoms with Crippen molar-refractivity contribution < 1.29 is 4.74 Å². The molecule has 0 N–H and O–H groups in total. The Labute approximate surface area is 176 Å². The molecule has 6 rings (SSSR count). The zero-order valence-corrected chi connectivity index (χ0v) is 17.9. The molecule has 150 valence electrons. The highest BCUT2D eigenvalue weighted by atomic mass is 32.1. The Morgan fingerprint density at radius 1 is 1.03 bits per heavy atom. The lowest BCUT2D eigenvalue weighted by Crippen LogP contribution is -2.43. The molecule has 3 aromatic rings. The van der Waals surface area contributed by atoms with E-state index in [0.717, 1.165) is 39.4 Å². The normalized spacial score (nSPS) is 24.5. The lowest BCUT2D eigenvalue weighted by molar-refractivity contribution is 0.00831. The fourth-order valence-electron chi connectivity index (χ4n) is 5.51. The lowest BCUT2D eigenvalue weighted by atomic mass is 9.83. The van der Waals surface area contributed by atoms with Crippen molar-refractivity contribution >= 4 is 21.4 Å². The van der Waals surface area contributed by atoms with Gasteiger partial charge in [-0.1, -0.05) is 30.3 Å². The highest BCUT2D eigenvalue weighted by Crippen LogP contribution is 2.52. The number of likely N-dealkylation sites (N-methyl/N-ethyl adjacent to an activating group) is 1. The molecule has 4 heteroatoms. The highest BCUT2D eigenvalue weighted by Gasteiger charge is 2.49. The zero-order chi connectivity index (χ0) is 19.4. The molecule has 0 amide bonds. The van der Waals surface area contributed by atoms with Crippen LogP contribution in [0.2, 0.25) is 0 Å². The molecule has 3 nitrogen and oxygen atoms in total. The van der Waals surface area contributed by atoms with Gasteiger partial charge in [-0.3, -0.25) is 4.90 Å². The molecule has 0 spiro atoms. The lowest BCUT2D eigenvalue weighted by Gasteiger charge is -2.37. The minimum atomic E-state index is 0.278. The van der Waals surface area contributed by atoms with E-state index in [4.69, 9.17) is 4.74 Å². The van der Waals surface area contributed by atoms with Crippen LogP contribution >= 0.6 is 11.3 Å². The second kappa shape index (κ2) is 6.92. The van der Waals surface area contributed by atoms with Gasteiger partial charge >= 0.3 is 0 Å². The smallest absolute Gasteiger partial charge is 0.0594 e. The van der Waals surface area contributed by atoms with E-state index in [0.29, 0.717) is 5.92 Å². The summed E-state index contributed by atoms with van der Waals surface area (Å²) < 4.78 is 7.00. The Bertz CT molecular complexity index is 1050. The molecular formula is C25H28N2OS. The van der Waals surface area contributed by atoms with Crippen molar-refractivity contribution in [3.8, 4) is 0 Å². The molecule has 1 atom stereocenters. The second-order valence-electron chi connectivity index (χ2n) is 9.01. The summed E-state index contributed by atoms with van der Waals surface area (Å²) in [5, 5.41) is 3.56. The Hall–Kier alpha value is -1.72. The molecule has 1 aliphatic carbocycles. The fraction of sp³-hybridized carbons (Fsp3) is 0.440. The van der Waals surface area contributed by atoms with Gasteiger partial charge in [-0.2, -0.15) is 0 Å². The van der Waals surface area contributed by atoms with E-state index in [1.54, 1.807) is 0 Å². The number of ether oxygens (including phenoxy) is 1. The van der Waals surface area contributed by atoms with E-state index < -0.39 is 0 Å². The molecule has 1 aromatic heterocycles. The van der Waals surface area contributed by atoms with Crippen LogP contribution in [-0.4, -0.2) is 49.7 Å². The molecule has 3 aliphatic rings. The minimum Gasteiger partial charge on any atom is -0.379 e. The molecule has 1 saturated carbocycles. The van der Waals surface area contributed by atoms with Crippen LogP contribution in [0.15, 0.2) is 47.8 Å². The van der Waals surface area contributed by atoms with Gasteiger partial charge in [-0.25, -0.2) is 0 Å². The van der Waals surface area contributed by atoms with E-state index in [1.807, 2.05) is 11.3 Å². The Kier molecular flexibility index (Phi) is 4.31. The summed E-state index contributed by atoms with van der Waals surface area (Å²) >= 11 is 1.85. The van der Waals surface area contributed by atoms with Crippen molar-refractivity contribution in [2.75, 3.05) is 39.9 Å². The third-order valence-corrected chi connectivity index (χ3v) is 8.09. The van der Waals surface area contributed by atoms with Gasteiger partial charge in [0.25, 0.3) is 0 Å². The maximum Gasteiger partial charge on any atom is 0.0594 e. The SMILES string of the molecule is CN1Cc2cc(C3(N4CCOCC4)CC3)ccc2C(c2ccc3ccsc3c2)C1. The Morgan fingerprint density at radius 2 is 1.90 bits per heavy atom. The third kappa shape index (κ3) is 3.05. The van der Waals surface area contributed by atoms with E-state index in [-0.39, 0.29) is 5.54 Å². The molecule has 0 radical (unpaired) electrons. The van der Waals surface area contributed by atoms with Crippen molar-refractivity contribution in [1.29, 1.82) is 0 Å². The summed E-state index contributed by atoms with van der Waals surface area (Å²) in [5.41, 5.74) is 6.31. The average Bonchev–Trinajstić information content (AvgIpc) is 3.44. The van der Waals surface area contributed by atoms with Crippen molar-refractivity contribution in [2.24, 2.45) is 0 Å². The molecule has 3 heterocycles. The van der Waals surface area contributed by atoms with Crippen molar-refractivity contribution in [2.45, 2.75) is 30.8 Å². The molecule has 2 fully saturated rings. The maximum absolute atomic E-state index is 5.60. The van der Waals surface area contributed by atoms with Gasteiger partial charge in [0.2, 0.25) is 0 Å². The fourth-order valence-corrected chi connectivity index (χ4v) is 6.35. The van der Waals surface area contributed by atoms with Crippen LogP contribution in [0.1, 0.15) is 41.0 Å². The molecular weight excluding hydrogens is 376 g/mol. The molecule has 2 aliphatic heterocycles. The van der Waals surface area contributed by atoms with Crippen LogP contribution in [0.3, 0.4) is 0 Å². The highest BCUT2D eigenvalue weighted by molar-refractivity contribution is 7.17. The van der Waals surface area contributed by atoms with Gasteiger partial charge in [0.1, 0.15) is 0 Å². The number of morpholine rings is 1. The Balaban J connectivity index is 1.37. The average molecular weight is 405 g/mol. The maximum atomic E-state index is 5.60. The number of rotatable bonds is 3. The molecule has 1 unspecified atom stereocenters. The minimum absolute atomic E-state index is 0.278. The van der Waals surface area contributed by atoms with Crippen LogP contribution in [0.5, 0.6) is 0 Å². The van der Waals surface area contributed by atoms with Crippen LogP contribution in [0, 0.1) is 0 Å². The van der Waals surface area contributed by atoms with Gasteiger partial charge in [0, 0.05) is 42.3 Å². The molecule has 29 heavy (non-hydrogen) atoms. The standard InChI is InChI=1S/C25H28N2OS/c1-26-16-20-14-21(25(7-8-25)27-9-11-28-12-10-27)4-5-22(20)23(17-26)19-3-2-18-6-13-29-24(18)15-19/h2-6,13-15,23H,7-12,16-17H2,1H3. The van der Waals surface area contributed by atoms with E-state index in [1.165, 1.54) is 45.2 Å². The van der Waals surface area contributed by atoms with Gasteiger partial charge in [0.15, 0.2) is 0 Å². The first kappa shape index (κ1) is 18.1. The summed E-state index contributed by atoms with van der Waals surface area (Å²) in [4.78, 5) is 5.16. The third-order valence-electron chi connectivity index (χ3n) is 7.21. The molecule has 1 saturated heterocycles. The second-order valence-corrected chi connectivity index (χ2v) is 9.96. The van der Waals surface area contributed by atoms with Gasteiger partial charge in [-0.15, -0.1) is 11.3 Å². The van der Waals surface area contributed by atoms with Crippen molar-refractivity contribution in [1.82, 2.24) is 9.80 Å². The van der Waals surface area contributed by atoms with Gasteiger partial charge in [-0.05, 0) is 65.0 Å². The van der Waals surface area contributed by atoms with Crippen LogP contribution in [-0.2, 0) is 16.8 Å². The van der Waals surface area contributed by atoms with Gasteiger partial charge < -0.3 is 9.64 Å². The first-order valence-corrected chi connectivity index (χ1v) is 11.7. The summed E-state index contributed by atoms with van der Waals surface area (Å²) in [6, 6.07) is 16.7.